The summed E-state index contributed by atoms with van der Waals surface area (Å²) in [4.78, 5) is 20.0. The van der Waals surface area contributed by atoms with Crippen molar-refractivity contribution in [1.82, 2.24) is 14.5 Å². The summed E-state index contributed by atoms with van der Waals surface area (Å²) in [6.07, 6.45) is 3.62. The predicted octanol–water partition coefficient (Wildman–Crippen LogP) is 3.17. The highest BCUT2D eigenvalue weighted by molar-refractivity contribution is 9.10. The first-order valence-corrected chi connectivity index (χ1v) is 8.15. The number of halogens is 1. The standard InChI is InChI=1S/C16H16BrN3O2/c1-16(5-2-6-22-9-16)20-14-11-7-10(17)3-4-12(11)18-8-13(14)19-15(20)21/h3-4,7-8H,2,5-6,9H2,1H3,(H,19,21). The highest BCUT2D eigenvalue weighted by Crippen LogP contribution is 2.32. The third-order valence-electron chi connectivity index (χ3n) is 4.43. The quantitative estimate of drug-likeness (QED) is 0.724. The summed E-state index contributed by atoms with van der Waals surface area (Å²) >= 11 is 3.51. The van der Waals surface area contributed by atoms with E-state index in [9.17, 15) is 4.79 Å². The van der Waals surface area contributed by atoms with E-state index in [1.165, 1.54) is 0 Å². The molecular formula is C16H16BrN3O2. The van der Waals surface area contributed by atoms with Gasteiger partial charge in [0.1, 0.15) is 0 Å². The second-order valence-corrected chi connectivity index (χ2v) is 7.02. The van der Waals surface area contributed by atoms with Gasteiger partial charge in [-0.25, -0.2) is 4.79 Å². The molecule has 1 saturated heterocycles. The van der Waals surface area contributed by atoms with Crippen LogP contribution in [0, 0.1) is 0 Å². The summed E-state index contributed by atoms with van der Waals surface area (Å²) in [5, 5.41) is 0.969. The van der Waals surface area contributed by atoms with E-state index in [0.29, 0.717) is 6.61 Å². The molecule has 2 aromatic heterocycles. The van der Waals surface area contributed by atoms with Crippen LogP contribution >= 0.6 is 15.9 Å². The fraction of sp³-hybridized carbons (Fsp3) is 0.375. The van der Waals surface area contributed by atoms with Gasteiger partial charge in [-0.2, -0.15) is 0 Å². The molecular weight excluding hydrogens is 346 g/mol. The Balaban J connectivity index is 2.11. The number of nitrogens with zero attached hydrogens (tertiary/aromatic N) is 2. The van der Waals surface area contributed by atoms with Gasteiger partial charge in [0.25, 0.3) is 0 Å². The number of hydrogen-bond donors (Lipinski definition) is 1. The van der Waals surface area contributed by atoms with E-state index in [1.807, 2.05) is 22.8 Å². The molecule has 3 heterocycles. The molecule has 0 amide bonds. The van der Waals surface area contributed by atoms with Crippen LogP contribution in [0.5, 0.6) is 0 Å². The normalized spacial score (nSPS) is 22.5. The molecule has 1 fully saturated rings. The Kier molecular flexibility index (Phi) is 3.13. The third kappa shape index (κ3) is 2.01. The van der Waals surface area contributed by atoms with Crippen LogP contribution in [-0.2, 0) is 10.3 Å². The van der Waals surface area contributed by atoms with Crippen molar-refractivity contribution in [3.63, 3.8) is 0 Å². The Morgan fingerprint density at radius 2 is 2.32 bits per heavy atom. The molecule has 1 unspecified atom stereocenters. The van der Waals surface area contributed by atoms with Crippen LogP contribution in [0.4, 0.5) is 0 Å². The SMILES string of the molecule is CC1(n2c(=O)[nH]c3cnc4ccc(Br)cc4c32)CCCOC1. The maximum Gasteiger partial charge on any atom is 0.327 e. The van der Waals surface area contributed by atoms with Gasteiger partial charge in [-0.15, -0.1) is 0 Å². The summed E-state index contributed by atoms with van der Waals surface area (Å²) in [6, 6.07) is 5.93. The minimum atomic E-state index is -0.329. The maximum absolute atomic E-state index is 12.6. The molecule has 0 bridgehead atoms. The second-order valence-electron chi connectivity index (χ2n) is 6.10. The number of imidazole rings is 1. The number of pyridine rings is 1. The zero-order chi connectivity index (χ0) is 15.3. The van der Waals surface area contributed by atoms with Crippen LogP contribution in [0.3, 0.4) is 0 Å². The molecule has 1 aromatic carbocycles. The van der Waals surface area contributed by atoms with Gasteiger partial charge in [0.15, 0.2) is 0 Å². The average molecular weight is 362 g/mol. The van der Waals surface area contributed by atoms with Crippen LogP contribution in [0.1, 0.15) is 19.8 Å². The number of fused-ring (bicyclic) bond motifs is 3. The molecule has 4 rings (SSSR count). The van der Waals surface area contributed by atoms with Crippen LogP contribution in [-0.4, -0.2) is 27.7 Å². The van der Waals surface area contributed by atoms with Crippen LogP contribution in [0.2, 0.25) is 0 Å². The molecule has 114 valence electrons. The average Bonchev–Trinajstić information content (AvgIpc) is 2.85. The van der Waals surface area contributed by atoms with Gasteiger partial charge in [-0.05, 0) is 38.0 Å². The molecule has 5 nitrogen and oxygen atoms in total. The van der Waals surface area contributed by atoms with Gasteiger partial charge in [-0.3, -0.25) is 9.55 Å². The molecule has 6 heteroatoms. The van der Waals surface area contributed by atoms with E-state index in [4.69, 9.17) is 4.74 Å². The molecule has 0 radical (unpaired) electrons. The predicted molar refractivity (Wildman–Crippen MR) is 89.3 cm³/mol. The summed E-state index contributed by atoms with van der Waals surface area (Å²) in [5.41, 5.74) is 2.12. The molecule has 0 saturated carbocycles. The van der Waals surface area contributed by atoms with E-state index in [2.05, 4.69) is 32.8 Å². The maximum atomic E-state index is 12.6. The van der Waals surface area contributed by atoms with Gasteiger partial charge in [0, 0.05) is 16.5 Å². The first-order chi connectivity index (χ1) is 10.6. The van der Waals surface area contributed by atoms with Crippen molar-refractivity contribution in [3.8, 4) is 0 Å². The first-order valence-electron chi connectivity index (χ1n) is 7.36. The van der Waals surface area contributed by atoms with E-state index in [-0.39, 0.29) is 11.2 Å². The lowest BCUT2D eigenvalue weighted by atomic mass is 9.94. The minimum absolute atomic E-state index is 0.0997. The van der Waals surface area contributed by atoms with Crippen molar-refractivity contribution in [2.75, 3.05) is 13.2 Å². The van der Waals surface area contributed by atoms with Crippen molar-refractivity contribution in [2.45, 2.75) is 25.3 Å². The Bertz CT molecular complexity index is 922. The molecule has 1 aliphatic rings. The Labute approximate surface area is 135 Å². The molecule has 1 atom stereocenters. The Morgan fingerprint density at radius 3 is 3.09 bits per heavy atom. The van der Waals surface area contributed by atoms with Gasteiger partial charge in [0.05, 0.1) is 34.9 Å². The third-order valence-corrected chi connectivity index (χ3v) is 4.92. The number of aromatic nitrogens is 3. The number of benzene rings is 1. The highest BCUT2D eigenvalue weighted by Gasteiger charge is 2.33. The molecule has 1 N–H and O–H groups in total. The molecule has 1 aliphatic heterocycles. The lowest BCUT2D eigenvalue weighted by Gasteiger charge is -2.34. The number of rotatable bonds is 1. The number of H-pyrrole nitrogens is 1. The highest BCUT2D eigenvalue weighted by atomic mass is 79.9. The molecule has 0 aliphatic carbocycles. The second kappa shape index (κ2) is 4.93. The number of nitrogens with one attached hydrogen (secondary N) is 1. The summed E-state index contributed by atoms with van der Waals surface area (Å²) in [5.74, 6) is 0. The Morgan fingerprint density at radius 1 is 1.45 bits per heavy atom. The van der Waals surface area contributed by atoms with Crippen molar-refractivity contribution in [3.05, 3.63) is 39.4 Å². The lowest BCUT2D eigenvalue weighted by Crippen LogP contribution is -2.43. The van der Waals surface area contributed by atoms with Crippen molar-refractivity contribution < 1.29 is 4.74 Å². The van der Waals surface area contributed by atoms with Gasteiger partial charge < -0.3 is 9.72 Å². The van der Waals surface area contributed by atoms with Crippen molar-refractivity contribution in [2.24, 2.45) is 0 Å². The summed E-state index contributed by atoms with van der Waals surface area (Å²) in [6.45, 7) is 3.41. The largest absolute Gasteiger partial charge is 0.379 e. The van der Waals surface area contributed by atoms with E-state index >= 15 is 0 Å². The van der Waals surface area contributed by atoms with Crippen molar-refractivity contribution in [1.29, 1.82) is 0 Å². The molecule has 22 heavy (non-hydrogen) atoms. The number of hydrogen-bond acceptors (Lipinski definition) is 3. The monoisotopic (exact) mass is 361 g/mol. The van der Waals surface area contributed by atoms with E-state index < -0.39 is 0 Å². The number of aromatic amines is 1. The lowest BCUT2D eigenvalue weighted by molar-refractivity contribution is 0.0101. The van der Waals surface area contributed by atoms with Crippen LogP contribution in [0.25, 0.3) is 21.9 Å². The van der Waals surface area contributed by atoms with E-state index in [1.54, 1.807) is 6.20 Å². The first kappa shape index (κ1) is 14.0. The smallest absolute Gasteiger partial charge is 0.327 e. The van der Waals surface area contributed by atoms with Gasteiger partial charge >= 0.3 is 5.69 Å². The van der Waals surface area contributed by atoms with Crippen LogP contribution < -0.4 is 5.69 Å². The summed E-state index contributed by atoms with van der Waals surface area (Å²) in [7, 11) is 0. The number of ether oxygens (including phenoxy) is 1. The molecule has 3 aromatic rings. The zero-order valence-corrected chi connectivity index (χ0v) is 13.8. The van der Waals surface area contributed by atoms with Gasteiger partial charge in [-0.1, -0.05) is 15.9 Å². The molecule has 0 spiro atoms. The van der Waals surface area contributed by atoms with Gasteiger partial charge in [0.2, 0.25) is 0 Å². The topological polar surface area (TPSA) is 59.9 Å². The Hall–Kier alpha value is -1.66. The summed E-state index contributed by atoms with van der Waals surface area (Å²) < 4.78 is 8.48. The van der Waals surface area contributed by atoms with E-state index in [0.717, 1.165) is 45.9 Å². The fourth-order valence-corrected chi connectivity index (χ4v) is 3.73. The zero-order valence-electron chi connectivity index (χ0n) is 12.2. The van der Waals surface area contributed by atoms with Crippen LogP contribution in [0.15, 0.2) is 33.7 Å². The fourth-order valence-electron chi connectivity index (χ4n) is 3.37. The minimum Gasteiger partial charge on any atom is -0.379 e. The van der Waals surface area contributed by atoms with Crippen molar-refractivity contribution >= 4 is 37.9 Å².